The van der Waals surface area contributed by atoms with Crippen LogP contribution in [0.25, 0.3) is 10.9 Å². The van der Waals surface area contributed by atoms with E-state index in [-0.39, 0.29) is 24.2 Å². The summed E-state index contributed by atoms with van der Waals surface area (Å²) in [5, 5.41) is 3.50. The predicted octanol–water partition coefficient (Wildman–Crippen LogP) is 3.91. The van der Waals surface area contributed by atoms with Crippen LogP contribution in [-0.2, 0) is 6.54 Å². The van der Waals surface area contributed by atoms with Crippen LogP contribution in [0.15, 0.2) is 53.3 Å². The maximum atomic E-state index is 13.1. The lowest BCUT2D eigenvalue weighted by atomic mass is 10.2. The molecule has 2 N–H and O–H groups in total. The lowest BCUT2D eigenvalue weighted by molar-refractivity contribution is 0.182. The minimum absolute atomic E-state index is 0.123. The molecule has 150 valence electrons. The first-order chi connectivity index (χ1) is 14.1. The van der Waals surface area contributed by atoms with E-state index in [1.165, 1.54) is 0 Å². The summed E-state index contributed by atoms with van der Waals surface area (Å²) in [6, 6.07) is 14.4. The predicted molar refractivity (Wildman–Crippen MR) is 112 cm³/mol. The summed E-state index contributed by atoms with van der Waals surface area (Å²) in [5.41, 5.74) is 1.10. The Morgan fingerprint density at radius 1 is 1.21 bits per heavy atom. The Hall–Kier alpha value is -3.35. The van der Waals surface area contributed by atoms with Crippen molar-refractivity contribution in [2.45, 2.75) is 38.3 Å². The molecule has 1 aliphatic rings. The number of para-hydroxylation sites is 1. The monoisotopic (exact) mass is 392 g/mol. The highest BCUT2D eigenvalue weighted by atomic mass is 16.5. The SMILES string of the molecule is COc1cccc(NC(=O)N(Cc2nc3ccccc3c(=O)[nH]2)C2CCCC2)c1. The van der Waals surface area contributed by atoms with Crippen LogP contribution in [0, 0.1) is 0 Å². The fraction of sp³-hybridized carbons (Fsp3) is 0.318. The number of carbonyl (C=O) groups excluding carboxylic acids is 1. The molecule has 0 bridgehead atoms. The molecule has 1 fully saturated rings. The first kappa shape index (κ1) is 19.0. The quantitative estimate of drug-likeness (QED) is 0.689. The number of rotatable bonds is 5. The molecule has 29 heavy (non-hydrogen) atoms. The number of ether oxygens (including phenoxy) is 1. The highest BCUT2D eigenvalue weighted by molar-refractivity contribution is 5.89. The van der Waals surface area contributed by atoms with Gasteiger partial charge in [0.25, 0.3) is 5.56 Å². The second-order valence-electron chi connectivity index (χ2n) is 7.26. The van der Waals surface area contributed by atoms with Crippen molar-refractivity contribution in [2.75, 3.05) is 12.4 Å². The molecule has 0 atom stereocenters. The van der Waals surface area contributed by atoms with Gasteiger partial charge in [0.05, 0.1) is 24.6 Å². The maximum absolute atomic E-state index is 13.1. The highest BCUT2D eigenvalue weighted by Gasteiger charge is 2.27. The van der Waals surface area contributed by atoms with Crippen LogP contribution in [-0.4, -0.2) is 34.1 Å². The number of fused-ring (bicyclic) bond motifs is 1. The third-order valence-electron chi connectivity index (χ3n) is 5.33. The van der Waals surface area contributed by atoms with Gasteiger partial charge in [-0.2, -0.15) is 0 Å². The summed E-state index contributed by atoms with van der Waals surface area (Å²) < 4.78 is 5.23. The van der Waals surface area contributed by atoms with Crippen LogP contribution in [0.4, 0.5) is 10.5 Å². The first-order valence-corrected chi connectivity index (χ1v) is 9.83. The van der Waals surface area contributed by atoms with E-state index < -0.39 is 0 Å². The van der Waals surface area contributed by atoms with E-state index in [1.54, 1.807) is 24.1 Å². The molecule has 1 aliphatic carbocycles. The Kier molecular flexibility index (Phi) is 5.46. The van der Waals surface area contributed by atoms with Crippen molar-refractivity contribution in [1.29, 1.82) is 0 Å². The Balaban J connectivity index is 1.60. The number of benzene rings is 2. The van der Waals surface area contributed by atoms with Crippen molar-refractivity contribution in [2.24, 2.45) is 0 Å². The molecular weight excluding hydrogens is 368 g/mol. The lowest BCUT2D eigenvalue weighted by Gasteiger charge is -2.28. The van der Waals surface area contributed by atoms with Crippen LogP contribution < -0.4 is 15.6 Å². The van der Waals surface area contributed by atoms with Gasteiger partial charge in [-0.25, -0.2) is 9.78 Å². The molecule has 0 aliphatic heterocycles. The Morgan fingerprint density at radius 3 is 2.79 bits per heavy atom. The normalized spacial score (nSPS) is 14.1. The van der Waals surface area contributed by atoms with Crippen molar-refractivity contribution in [1.82, 2.24) is 14.9 Å². The van der Waals surface area contributed by atoms with Crippen LogP contribution in [0.5, 0.6) is 5.75 Å². The summed E-state index contributed by atoms with van der Waals surface area (Å²) in [4.78, 5) is 34.7. The zero-order valence-corrected chi connectivity index (χ0v) is 16.4. The summed E-state index contributed by atoms with van der Waals surface area (Å²) in [5.74, 6) is 1.16. The second kappa shape index (κ2) is 8.34. The number of nitrogens with one attached hydrogen (secondary N) is 2. The van der Waals surface area contributed by atoms with Gasteiger partial charge < -0.3 is 19.9 Å². The molecule has 0 saturated heterocycles. The van der Waals surface area contributed by atoms with Crippen molar-refractivity contribution < 1.29 is 9.53 Å². The summed E-state index contributed by atoms with van der Waals surface area (Å²) in [6.45, 7) is 0.251. The van der Waals surface area contributed by atoms with Gasteiger partial charge in [-0.15, -0.1) is 0 Å². The van der Waals surface area contributed by atoms with Crippen molar-refractivity contribution >= 4 is 22.6 Å². The van der Waals surface area contributed by atoms with Gasteiger partial charge in [-0.1, -0.05) is 31.0 Å². The van der Waals surface area contributed by atoms with Crippen molar-refractivity contribution in [3.05, 3.63) is 64.7 Å². The molecule has 2 aromatic carbocycles. The van der Waals surface area contributed by atoms with Crippen molar-refractivity contribution in [3.63, 3.8) is 0 Å². The molecule has 2 amide bonds. The molecule has 1 aromatic heterocycles. The number of amides is 2. The average Bonchev–Trinajstić information content (AvgIpc) is 3.26. The van der Waals surface area contributed by atoms with Gasteiger partial charge >= 0.3 is 6.03 Å². The minimum atomic E-state index is -0.207. The largest absolute Gasteiger partial charge is 0.497 e. The molecule has 0 spiro atoms. The summed E-state index contributed by atoms with van der Waals surface area (Å²) in [6.07, 6.45) is 4.08. The third kappa shape index (κ3) is 4.23. The lowest BCUT2D eigenvalue weighted by Crippen LogP contribution is -2.41. The van der Waals surface area contributed by atoms with E-state index >= 15 is 0 Å². The molecule has 7 nitrogen and oxygen atoms in total. The standard InChI is InChI=1S/C22H24N4O3/c1-29-17-10-6-7-15(13-17)23-22(28)26(16-8-2-3-9-16)14-20-24-19-12-5-4-11-18(19)21(27)25-20/h4-7,10-13,16H,2-3,8-9,14H2,1H3,(H,23,28)(H,24,25,27). The van der Waals surface area contributed by atoms with E-state index in [9.17, 15) is 9.59 Å². The Labute approximate surface area is 168 Å². The number of nitrogens with zero attached hydrogens (tertiary/aromatic N) is 2. The molecule has 0 radical (unpaired) electrons. The molecule has 0 unspecified atom stereocenters. The maximum Gasteiger partial charge on any atom is 0.322 e. The van der Waals surface area contributed by atoms with E-state index in [2.05, 4.69) is 15.3 Å². The van der Waals surface area contributed by atoms with Gasteiger partial charge in [0.15, 0.2) is 0 Å². The number of H-pyrrole nitrogens is 1. The highest BCUT2D eigenvalue weighted by Crippen LogP contribution is 2.26. The number of hydrogen-bond acceptors (Lipinski definition) is 4. The summed E-state index contributed by atoms with van der Waals surface area (Å²) in [7, 11) is 1.59. The van der Waals surface area contributed by atoms with Crippen LogP contribution in [0.3, 0.4) is 0 Å². The van der Waals surface area contributed by atoms with E-state index in [1.807, 2.05) is 36.4 Å². The first-order valence-electron chi connectivity index (χ1n) is 9.83. The average molecular weight is 392 g/mol. The van der Waals surface area contributed by atoms with E-state index in [0.717, 1.165) is 25.7 Å². The van der Waals surface area contributed by atoms with E-state index in [4.69, 9.17) is 4.74 Å². The molecule has 1 saturated carbocycles. The zero-order chi connectivity index (χ0) is 20.2. The van der Waals surface area contributed by atoms with Crippen LogP contribution in [0.1, 0.15) is 31.5 Å². The number of methoxy groups -OCH3 is 1. The Morgan fingerprint density at radius 2 is 2.00 bits per heavy atom. The van der Waals surface area contributed by atoms with Crippen LogP contribution >= 0.6 is 0 Å². The Bertz CT molecular complexity index is 1070. The molecular formula is C22H24N4O3. The number of urea groups is 1. The molecule has 1 heterocycles. The smallest absolute Gasteiger partial charge is 0.322 e. The second-order valence-corrected chi connectivity index (χ2v) is 7.26. The minimum Gasteiger partial charge on any atom is -0.497 e. The number of carbonyl (C=O) groups is 1. The van der Waals surface area contributed by atoms with Gasteiger partial charge in [0.1, 0.15) is 11.6 Å². The fourth-order valence-electron chi connectivity index (χ4n) is 3.85. The van der Waals surface area contributed by atoms with Gasteiger partial charge in [-0.3, -0.25) is 4.79 Å². The van der Waals surface area contributed by atoms with Crippen molar-refractivity contribution in [3.8, 4) is 5.75 Å². The number of aromatic nitrogens is 2. The van der Waals surface area contributed by atoms with Gasteiger partial charge in [0.2, 0.25) is 0 Å². The molecule has 4 rings (SSSR count). The number of anilines is 1. The van der Waals surface area contributed by atoms with Gasteiger partial charge in [-0.05, 0) is 37.1 Å². The fourth-order valence-corrected chi connectivity index (χ4v) is 3.85. The summed E-state index contributed by atoms with van der Waals surface area (Å²) >= 11 is 0. The topological polar surface area (TPSA) is 87.3 Å². The third-order valence-corrected chi connectivity index (χ3v) is 5.33. The van der Waals surface area contributed by atoms with E-state index in [0.29, 0.717) is 28.2 Å². The van der Waals surface area contributed by atoms with Gasteiger partial charge in [0, 0.05) is 17.8 Å². The zero-order valence-electron chi connectivity index (χ0n) is 16.4. The van der Waals surface area contributed by atoms with Crippen LogP contribution in [0.2, 0.25) is 0 Å². The molecule has 7 heteroatoms. The number of hydrogen-bond donors (Lipinski definition) is 2. The number of aromatic amines is 1. The molecule has 3 aromatic rings.